The summed E-state index contributed by atoms with van der Waals surface area (Å²) in [7, 11) is 0. The van der Waals surface area contributed by atoms with Gasteiger partial charge in [0.25, 0.3) is 11.8 Å². The zero-order chi connectivity index (χ0) is 19.7. The van der Waals surface area contributed by atoms with Crippen molar-refractivity contribution in [2.24, 2.45) is 0 Å². The standard InChI is InChI=1S/C20H26N4O3S/c1-3-22(4-2)17(25)15-14-24-12-9-21-19(24)20(27-15)7-10-23(11-8-20)18(26)16-6-5-13-28-16/h5-6,9,12-13,15H,3-4,7-8,10-11,14H2,1-2H3/t15-/m1/s1. The first kappa shape index (κ1) is 19.1. The minimum absolute atomic E-state index is 0.0285. The van der Waals surface area contributed by atoms with Crippen LogP contribution in [-0.2, 0) is 21.7 Å². The van der Waals surface area contributed by atoms with Gasteiger partial charge in [0.15, 0.2) is 6.10 Å². The Bertz CT molecular complexity index is 836. The Morgan fingerprint density at radius 1 is 1.32 bits per heavy atom. The molecule has 0 saturated carbocycles. The van der Waals surface area contributed by atoms with Crippen LogP contribution in [0.15, 0.2) is 29.9 Å². The van der Waals surface area contributed by atoms with Gasteiger partial charge in [-0.05, 0) is 25.3 Å². The van der Waals surface area contributed by atoms with Crippen LogP contribution in [0.5, 0.6) is 0 Å². The largest absolute Gasteiger partial charge is 0.352 e. The molecule has 2 aliphatic heterocycles. The monoisotopic (exact) mass is 402 g/mol. The number of amides is 2. The molecule has 1 saturated heterocycles. The first-order valence-corrected chi connectivity index (χ1v) is 10.8. The first-order valence-electron chi connectivity index (χ1n) is 9.89. The maximum Gasteiger partial charge on any atom is 0.263 e. The number of rotatable bonds is 4. The fourth-order valence-electron chi connectivity index (χ4n) is 4.23. The summed E-state index contributed by atoms with van der Waals surface area (Å²) in [4.78, 5) is 34.6. The molecular formula is C20H26N4O3S. The molecule has 1 atom stereocenters. The van der Waals surface area contributed by atoms with E-state index in [0.717, 1.165) is 10.7 Å². The Hall–Kier alpha value is -2.19. The lowest BCUT2D eigenvalue weighted by Gasteiger charge is -2.46. The zero-order valence-corrected chi connectivity index (χ0v) is 17.2. The number of likely N-dealkylation sites (tertiary alicyclic amines) is 1. The number of carbonyl (C=O) groups is 2. The van der Waals surface area contributed by atoms with Crippen molar-refractivity contribution < 1.29 is 14.3 Å². The van der Waals surface area contributed by atoms with Gasteiger partial charge in [0, 0.05) is 51.4 Å². The van der Waals surface area contributed by atoms with Crippen LogP contribution in [0, 0.1) is 0 Å². The number of thiophene rings is 1. The molecule has 0 bridgehead atoms. The van der Waals surface area contributed by atoms with Crippen molar-refractivity contribution in [2.75, 3.05) is 26.2 Å². The number of hydrogen-bond donors (Lipinski definition) is 0. The molecule has 0 aliphatic carbocycles. The SMILES string of the molecule is CCN(CC)C(=O)[C@H]1Cn2ccnc2C2(CCN(C(=O)c3cccs3)CC2)O1. The third kappa shape index (κ3) is 3.24. The number of ether oxygens (including phenoxy) is 1. The highest BCUT2D eigenvalue weighted by Crippen LogP contribution is 2.40. The maximum atomic E-state index is 13.0. The number of hydrogen-bond acceptors (Lipinski definition) is 5. The van der Waals surface area contributed by atoms with Crippen molar-refractivity contribution in [3.8, 4) is 0 Å². The summed E-state index contributed by atoms with van der Waals surface area (Å²) in [5, 5.41) is 1.92. The van der Waals surface area contributed by atoms with Gasteiger partial charge in [0.2, 0.25) is 0 Å². The van der Waals surface area contributed by atoms with Crippen LogP contribution in [0.25, 0.3) is 0 Å². The molecule has 2 aromatic rings. The molecule has 1 fully saturated rings. The number of fused-ring (bicyclic) bond motifs is 2. The number of likely N-dealkylation sites (N-methyl/N-ethyl adjacent to an activating group) is 1. The Kier molecular flexibility index (Phi) is 5.25. The molecule has 4 heterocycles. The van der Waals surface area contributed by atoms with Gasteiger partial charge in [-0.25, -0.2) is 4.98 Å². The molecule has 0 aromatic carbocycles. The predicted molar refractivity (Wildman–Crippen MR) is 106 cm³/mol. The van der Waals surface area contributed by atoms with Gasteiger partial charge in [-0.1, -0.05) is 6.07 Å². The zero-order valence-electron chi connectivity index (χ0n) is 16.3. The van der Waals surface area contributed by atoms with Gasteiger partial charge < -0.3 is 19.1 Å². The van der Waals surface area contributed by atoms with Crippen LogP contribution in [-0.4, -0.2) is 63.4 Å². The fraction of sp³-hybridized carbons (Fsp3) is 0.550. The van der Waals surface area contributed by atoms with E-state index in [1.165, 1.54) is 11.3 Å². The highest BCUT2D eigenvalue weighted by molar-refractivity contribution is 7.12. The van der Waals surface area contributed by atoms with Crippen molar-refractivity contribution in [3.05, 3.63) is 40.6 Å². The topological polar surface area (TPSA) is 67.7 Å². The van der Waals surface area contributed by atoms with Gasteiger partial charge >= 0.3 is 0 Å². The van der Waals surface area contributed by atoms with Crippen LogP contribution < -0.4 is 0 Å². The van der Waals surface area contributed by atoms with E-state index in [1.807, 2.05) is 51.9 Å². The van der Waals surface area contributed by atoms with Crippen LogP contribution in [0.2, 0.25) is 0 Å². The van der Waals surface area contributed by atoms with Crippen molar-refractivity contribution >= 4 is 23.2 Å². The van der Waals surface area contributed by atoms with Crippen molar-refractivity contribution in [1.29, 1.82) is 0 Å². The van der Waals surface area contributed by atoms with E-state index >= 15 is 0 Å². The number of carbonyl (C=O) groups excluding carboxylic acids is 2. The average molecular weight is 403 g/mol. The summed E-state index contributed by atoms with van der Waals surface area (Å²) in [6.45, 7) is 6.98. The lowest BCUT2D eigenvalue weighted by molar-refractivity contribution is -0.179. The summed E-state index contributed by atoms with van der Waals surface area (Å²) < 4.78 is 8.50. The van der Waals surface area contributed by atoms with Gasteiger partial charge in [0.05, 0.1) is 11.4 Å². The highest BCUT2D eigenvalue weighted by Gasteiger charge is 2.48. The molecule has 4 rings (SSSR count). The molecule has 28 heavy (non-hydrogen) atoms. The highest BCUT2D eigenvalue weighted by atomic mass is 32.1. The van der Waals surface area contributed by atoms with Crippen molar-refractivity contribution in [1.82, 2.24) is 19.4 Å². The van der Waals surface area contributed by atoms with E-state index in [-0.39, 0.29) is 11.8 Å². The quantitative estimate of drug-likeness (QED) is 0.787. The van der Waals surface area contributed by atoms with Gasteiger partial charge in [0.1, 0.15) is 11.4 Å². The molecule has 1 spiro atoms. The van der Waals surface area contributed by atoms with Gasteiger partial charge in [-0.2, -0.15) is 0 Å². The molecule has 7 nitrogen and oxygen atoms in total. The predicted octanol–water partition coefficient (Wildman–Crippen LogP) is 2.34. The van der Waals surface area contributed by atoms with Crippen molar-refractivity contribution in [3.63, 3.8) is 0 Å². The Balaban J connectivity index is 1.54. The van der Waals surface area contributed by atoms with Crippen LogP contribution in [0.3, 0.4) is 0 Å². The summed E-state index contributed by atoms with van der Waals surface area (Å²) in [5.41, 5.74) is -0.610. The summed E-state index contributed by atoms with van der Waals surface area (Å²) in [6.07, 6.45) is 4.46. The molecule has 0 radical (unpaired) electrons. The molecular weight excluding hydrogens is 376 g/mol. The lowest BCUT2D eigenvalue weighted by Crippen LogP contribution is -2.55. The number of piperidine rings is 1. The normalized spacial score (nSPS) is 20.8. The number of imidazole rings is 1. The van der Waals surface area contributed by atoms with E-state index < -0.39 is 11.7 Å². The van der Waals surface area contributed by atoms with E-state index in [1.54, 1.807) is 6.20 Å². The number of nitrogens with zero attached hydrogens (tertiary/aromatic N) is 4. The average Bonchev–Trinajstić information content (AvgIpc) is 3.41. The minimum atomic E-state index is -0.610. The van der Waals surface area contributed by atoms with Crippen LogP contribution in [0.4, 0.5) is 0 Å². The Morgan fingerprint density at radius 2 is 2.07 bits per heavy atom. The summed E-state index contributed by atoms with van der Waals surface area (Å²) in [5.74, 6) is 0.972. The summed E-state index contributed by atoms with van der Waals surface area (Å²) in [6, 6.07) is 3.76. The van der Waals surface area contributed by atoms with E-state index in [2.05, 4.69) is 4.98 Å². The molecule has 2 aliphatic rings. The Morgan fingerprint density at radius 3 is 2.71 bits per heavy atom. The maximum absolute atomic E-state index is 13.0. The minimum Gasteiger partial charge on any atom is -0.352 e. The van der Waals surface area contributed by atoms with Crippen LogP contribution >= 0.6 is 11.3 Å². The fourth-order valence-corrected chi connectivity index (χ4v) is 4.92. The Labute approximate surface area is 168 Å². The first-order chi connectivity index (χ1) is 13.6. The summed E-state index contributed by atoms with van der Waals surface area (Å²) >= 11 is 1.47. The van der Waals surface area contributed by atoms with Gasteiger partial charge in [-0.15, -0.1) is 11.3 Å². The third-order valence-corrected chi connectivity index (χ3v) is 6.65. The second-order valence-corrected chi connectivity index (χ2v) is 8.23. The molecule has 0 N–H and O–H groups in total. The third-order valence-electron chi connectivity index (χ3n) is 5.79. The molecule has 2 amide bonds. The molecule has 0 unspecified atom stereocenters. The van der Waals surface area contributed by atoms with Gasteiger partial charge in [-0.3, -0.25) is 9.59 Å². The molecule has 8 heteroatoms. The van der Waals surface area contributed by atoms with E-state index in [4.69, 9.17) is 4.74 Å². The number of aromatic nitrogens is 2. The molecule has 2 aromatic heterocycles. The molecule has 150 valence electrons. The lowest BCUT2D eigenvalue weighted by atomic mass is 9.88. The second-order valence-electron chi connectivity index (χ2n) is 7.28. The smallest absolute Gasteiger partial charge is 0.263 e. The van der Waals surface area contributed by atoms with Crippen LogP contribution in [0.1, 0.15) is 42.2 Å². The van der Waals surface area contributed by atoms with E-state index in [0.29, 0.717) is 45.6 Å². The second kappa shape index (κ2) is 7.67. The van der Waals surface area contributed by atoms with Crippen molar-refractivity contribution in [2.45, 2.75) is 44.9 Å². The van der Waals surface area contributed by atoms with E-state index in [9.17, 15) is 9.59 Å².